The molecule has 1 saturated carbocycles. The third kappa shape index (κ3) is 3.04. The summed E-state index contributed by atoms with van der Waals surface area (Å²) in [5, 5.41) is 7.16. The van der Waals surface area contributed by atoms with Crippen molar-refractivity contribution < 1.29 is 13.6 Å². The zero-order valence-electron chi connectivity index (χ0n) is 15.2. The number of rotatable bonds is 4. The third-order valence-electron chi connectivity index (χ3n) is 5.60. The third-order valence-corrected chi connectivity index (χ3v) is 5.60. The Morgan fingerprint density at radius 1 is 1.18 bits per heavy atom. The van der Waals surface area contributed by atoms with Crippen molar-refractivity contribution in [1.29, 1.82) is 0 Å². The average Bonchev–Trinajstić information content (AvgIpc) is 3.46. The molecule has 0 aliphatic heterocycles. The molecule has 2 aromatic heterocycles. The van der Waals surface area contributed by atoms with E-state index in [-0.39, 0.29) is 29.3 Å². The minimum Gasteiger partial charge on any atom is -0.344 e. The number of alkyl halides is 2. The van der Waals surface area contributed by atoms with Crippen molar-refractivity contribution in [3.8, 4) is 0 Å². The van der Waals surface area contributed by atoms with Gasteiger partial charge in [0.25, 0.3) is 12.3 Å². The number of amides is 1. The van der Waals surface area contributed by atoms with E-state index < -0.39 is 6.43 Å². The molecule has 0 saturated heterocycles. The minimum absolute atomic E-state index is 0.0909. The van der Waals surface area contributed by atoms with Crippen molar-refractivity contribution in [2.24, 2.45) is 0 Å². The highest BCUT2D eigenvalue weighted by atomic mass is 19.3. The fourth-order valence-corrected chi connectivity index (χ4v) is 4.01. The number of halogens is 2. The van der Waals surface area contributed by atoms with Crippen LogP contribution in [0.1, 0.15) is 77.1 Å². The first-order valence-electron chi connectivity index (χ1n) is 9.67. The molecule has 1 amide bonds. The molecular weight excluding hydrogens is 362 g/mol. The van der Waals surface area contributed by atoms with Crippen LogP contribution in [0.3, 0.4) is 0 Å². The summed E-state index contributed by atoms with van der Waals surface area (Å²) >= 11 is 0. The summed E-state index contributed by atoms with van der Waals surface area (Å²) < 4.78 is 28.1. The van der Waals surface area contributed by atoms with Crippen molar-refractivity contribution in [3.63, 3.8) is 0 Å². The van der Waals surface area contributed by atoms with Gasteiger partial charge >= 0.3 is 0 Å². The molecule has 28 heavy (non-hydrogen) atoms. The van der Waals surface area contributed by atoms with E-state index in [1.165, 1.54) is 17.7 Å². The predicted molar refractivity (Wildman–Crippen MR) is 99.5 cm³/mol. The molecule has 2 aliphatic carbocycles. The van der Waals surface area contributed by atoms with Gasteiger partial charge in [0, 0.05) is 17.7 Å². The Kier molecular flexibility index (Phi) is 4.10. The second-order valence-corrected chi connectivity index (χ2v) is 7.60. The summed E-state index contributed by atoms with van der Waals surface area (Å²) in [6.07, 6.45) is 2.10. The van der Waals surface area contributed by atoms with Crippen LogP contribution in [0.15, 0.2) is 36.4 Å². The van der Waals surface area contributed by atoms with Crippen molar-refractivity contribution in [1.82, 2.24) is 19.9 Å². The lowest BCUT2D eigenvalue weighted by molar-refractivity contribution is 0.0926. The number of fused-ring (bicyclic) bond motifs is 2. The number of benzene rings is 1. The number of hydrogen-bond donors (Lipinski definition) is 1. The van der Waals surface area contributed by atoms with Gasteiger partial charge in [-0.05, 0) is 49.3 Å². The molecule has 1 N–H and O–H groups in total. The summed E-state index contributed by atoms with van der Waals surface area (Å²) in [6.45, 7) is 0. The van der Waals surface area contributed by atoms with Crippen molar-refractivity contribution in [2.45, 2.75) is 50.5 Å². The van der Waals surface area contributed by atoms with Gasteiger partial charge in [-0.2, -0.15) is 5.10 Å². The number of hydrogen-bond acceptors (Lipinski definition) is 3. The van der Waals surface area contributed by atoms with E-state index in [0.29, 0.717) is 11.3 Å². The predicted octanol–water partition coefficient (Wildman–Crippen LogP) is 4.35. The molecule has 1 fully saturated rings. The molecule has 5 nitrogen and oxygen atoms in total. The smallest absolute Gasteiger partial charge is 0.280 e. The Hall–Kier alpha value is -2.83. The summed E-state index contributed by atoms with van der Waals surface area (Å²) in [7, 11) is 0. The van der Waals surface area contributed by atoms with Gasteiger partial charge in [-0.15, -0.1) is 0 Å². The summed E-state index contributed by atoms with van der Waals surface area (Å²) in [5.74, 6) is -0.117. The largest absolute Gasteiger partial charge is 0.344 e. The minimum atomic E-state index is -2.68. The van der Waals surface area contributed by atoms with Crippen LogP contribution in [-0.2, 0) is 6.42 Å². The van der Waals surface area contributed by atoms with E-state index in [1.54, 1.807) is 0 Å². The maximum Gasteiger partial charge on any atom is 0.280 e. The van der Waals surface area contributed by atoms with Crippen LogP contribution in [0.2, 0.25) is 0 Å². The lowest BCUT2D eigenvalue weighted by Crippen LogP contribution is -2.31. The maximum atomic E-state index is 13.5. The first-order valence-corrected chi connectivity index (χ1v) is 9.67. The maximum absolute atomic E-state index is 13.5. The number of aromatic nitrogens is 3. The summed E-state index contributed by atoms with van der Waals surface area (Å²) in [6, 6.07) is 10.9. The highest BCUT2D eigenvalue weighted by molar-refractivity contribution is 5.93. The van der Waals surface area contributed by atoms with Crippen LogP contribution in [0.25, 0.3) is 5.65 Å². The number of nitrogens with zero attached hydrogens (tertiary/aromatic N) is 3. The van der Waals surface area contributed by atoms with Gasteiger partial charge < -0.3 is 5.32 Å². The number of nitrogens with one attached hydrogen (secondary N) is 1. The zero-order valence-corrected chi connectivity index (χ0v) is 15.2. The van der Waals surface area contributed by atoms with E-state index >= 15 is 0 Å². The second kappa shape index (κ2) is 6.65. The van der Waals surface area contributed by atoms with E-state index in [2.05, 4.69) is 21.5 Å². The lowest BCUT2D eigenvalue weighted by atomic mass is 9.88. The monoisotopic (exact) mass is 382 g/mol. The molecule has 5 rings (SSSR count). The lowest BCUT2D eigenvalue weighted by Gasteiger charge is -2.26. The fraction of sp³-hybridized carbons (Fsp3) is 0.381. The van der Waals surface area contributed by atoms with Crippen LogP contribution in [0, 0.1) is 0 Å². The van der Waals surface area contributed by atoms with Gasteiger partial charge in [-0.25, -0.2) is 18.3 Å². The Morgan fingerprint density at radius 2 is 2.00 bits per heavy atom. The second-order valence-electron chi connectivity index (χ2n) is 7.60. The summed E-state index contributed by atoms with van der Waals surface area (Å²) in [4.78, 5) is 17.3. The fourth-order valence-electron chi connectivity index (χ4n) is 4.01. The van der Waals surface area contributed by atoms with Crippen LogP contribution in [0.4, 0.5) is 8.78 Å². The summed E-state index contributed by atoms with van der Waals surface area (Å²) in [5.41, 5.74) is 3.22. The van der Waals surface area contributed by atoms with E-state index in [0.717, 1.165) is 42.2 Å². The van der Waals surface area contributed by atoms with E-state index in [1.807, 2.05) is 18.2 Å². The molecular formula is C21H20F2N4O. The molecule has 144 valence electrons. The SMILES string of the molecule is O=C(N[C@H]1CCCc2ccccc21)c1cc2nc(C3CC3)cc(C(F)F)n2n1. The van der Waals surface area contributed by atoms with Crippen LogP contribution in [-0.4, -0.2) is 20.5 Å². The van der Waals surface area contributed by atoms with Crippen molar-refractivity contribution in [2.75, 3.05) is 0 Å². The van der Waals surface area contributed by atoms with E-state index in [4.69, 9.17) is 0 Å². The molecule has 2 aliphatic rings. The highest BCUT2D eigenvalue weighted by Crippen LogP contribution is 2.40. The average molecular weight is 382 g/mol. The Morgan fingerprint density at radius 3 is 2.79 bits per heavy atom. The highest BCUT2D eigenvalue weighted by Gasteiger charge is 2.29. The Labute approximate surface area is 160 Å². The number of carbonyl (C=O) groups is 1. The van der Waals surface area contributed by atoms with Crippen LogP contribution < -0.4 is 5.32 Å². The molecule has 2 heterocycles. The standard InChI is InChI=1S/C21H20F2N4O/c22-20(23)18-10-16(13-8-9-13)24-19-11-17(26-27(18)19)21(28)25-15-7-3-5-12-4-1-2-6-14(12)15/h1-2,4,6,10-11,13,15,20H,3,5,7-9H2,(H,25,28)/t15-/m0/s1. The molecule has 7 heteroatoms. The van der Waals surface area contributed by atoms with Crippen molar-refractivity contribution in [3.05, 3.63) is 64.6 Å². The first-order chi connectivity index (χ1) is 13.6. The van der Waals surface area contributed by atoms with Crippen molar-refractivity contribution >= 4 is 11.6 Å². The molecule has 1 aromatic carbocycles. The molecule has 3 aromatic rings. The Balaban J connectivity index is 1.46. The molecule has 0 bridgehead atoms. The topological polar surface area (TPSA) is 59.3 Å². The first kappa shape index (κ1) is 17.3. The molecule has 0 spiro atoms. The molecule has 1 atom stereocenters. The van der Waals surface area contributed by atoms with Crippen LogP contribution >= 0.6 is 0 Å². The zero-order chi connectivity index (χ0) is 19.3. The number of aryl methyl sites for hydroxylation is 1. The quantitative estimate of drug-likeness (QED) is 0.730. The number of carbonyl (C=O) groups excluding carboxylic acids is 1. The van der Waals surface area contributed by atoms with Gasteiger partial charge in [0.2, 0.25) is 0 Å². The van der Waals surface area contributed by atoms with Gasteiger partial charge in [0.15, 0.2) is 11.3 Å². The van der Waals surface area contributed by atoms with Gasteiger partial charge in [0.05, 0.1) is 6.04 Å². The van der Waals surface area contributed by atoms with Crippen LogP contribution in [0.5, 0.6) is 0 Å². The molecule has 0 radical (unpaired) electrons. The van der Waals surface area contributed by atoms with Gasteiger partial charge in [-0.3, -0.25) is 4.79 Å². The molecule has 0 unspecified atom stereocenters. The normalized spacial score (nSPS) is 19.0. The van der Waals surface area contributed by atoms with Gasteiger partial charge in [-0.1, -0.05) is 24.3 Å². The van der Waals surface area contributed by atoms with Gasteiger partial charge in [0.1, 0.15) is 5.69 Å². The van der Waals surface area contributed by atoms with E-state index in [9.17, 15) is 13.6 Å². The Bertz CT molecular complexity index is 1060.